The average molecular weight is 399 g/mol. The number of nitrogens with zero attached hydrogens (tertiary/aromatic N) is 1. The second kappa shape index (κ2) is 9.34. The molecule has 0 saturated heterocycles. The Kier molecular flexibility index (Phi) is 7.12. The summed E-state index contributed by atoms with van der Waals surface area (Å²) >= 11 is 0. The quantitative estimate of drug-likeness (QED) is 0.413. The van der Waals surface area contributed by atoms with Gasteiger partial charge in [-0.25, -0.2) is 4.79 Å². The Morgan fingerprint density at radius 1 is 1.24 bits per heavy atom. The summed E-state index contributed by atoms with van der Waals surface area (Å²) in [7, 11) is 1.47. The summed E-state index contributed by atoms with van der Waals surface area (Å²) in [4.78, 5) is 22.3. The molecule has 0 fully saturated rings. The highest BCUT2D eigenvalue weighted by Gasteiger charge is 2.20. The fourth-order valence-corrected chi connectivity index (χ4v) is 3.21. The van der Waals surface area contributed by atoms with Gasteiger partial charge in [-0.15, -0.1) is 0 Å². The van der Waals surface area contributed by atoms with E-state index >= 15 is 0 Å². The van der Waals surface area contributed by atoms with Crippen LogP contribution in [-0.2, 0) is 0 Å². The fourth-order valence-electron chi connectivity index (χ4n) is 3.21. The van der Waals surface area contributed by atoms with Crippen LogP contribution in [-0.4, -0.2) is 17.1 Å². The molecule has 7 heteroatoms. The number of hydrogen-bond donors (Lipinski definition) is 1. The Labute approximate surface area is 169 Å². The molecule has 1 atom stereocenters. The van der Waals surface area contributed by atoms with Gasteiger partial charge in [-0.3, -0.25) is 10.1 Å². The topological polar surface area (TPSA) is 103 Å². The van der Waals surface area contributed by atoms with Crippen LogP contribution in [0.15, 0.2) is 50.7 Å². The molecule has 1 aromatic carbocycles. The van der Waals surface area contributed by atoms with Gasteiger partial charge in [0.1, 0.15) is 17.6 Å². The van der Waals surface area contributed by atoms with Crippen molar-refractivity contribution in [2.24, 2.45) is 0 Å². The number of nitro benzene ring substituents is 1. The van der Waals surface area contributed by atoms with Gasteiger partial charge in [0.25, 0.3) is 5.69 Å². The number of methoxy groups -OCH3 is 1. The molecule has 0 aliphatic rings. The maximum atomic E-state index is 12.0. The largest absolute Gasteiger partial charge is 0.496 e. The number of ether oxygens (including phenoxy) is 1. The average Bonchev–Trinajstić information content (AvgIpc) is 2.65. The zero-order chi connectivity index (χ0) is 21.7. The second-order valence-electron chi connectivity index (χ2n) is 6.98. The summed E-state index contributed by atoms with van der Waals surface area (Å²) < 4.78 is 10.6. The maximum Gasteiger partial charge on any atom is 0.342 e. The molecule has 0 aliphatic carbocycles. The van der Waals surface area contributed by atoms with E-state index in [0.717, 1.165) is 16.7 Å². The monoisotopic (exact) mass is 399 g/mol. The molecule has 1 heterocycles. The van der Waals surface area contributed by atoms with Gasteiger partial charge in [0.05, 0.1) is 17.6 Å². The first kappa shape index (κ1) is 22.1. The zero-order valence-corrected chi connectivity index (χ0v) is 17.2. The molecule has 0 amide bonds. The van der Waals surface area contributed by atoms with E-state index in [1.807, 2.05) is 26.0 Å². The number of allylic oxidation sites excluding steroid dienone is 2. The third kappa shape index (κ3) is 5.42. The standard InChI is InChI=1S/C22H25NO6/c1-13(11-17-6-8-18(9-7-17)23(26)27)10-14(2)12-19(24)21-15(3)20(28-5)16(4)22(25)29-21/h6-11,19,24H,12H2,1-5H3/b13-11+,14-10+/t19-/m1/s1. The summed E-state index contributed by atoms with van der Waals surface area (Å²) in [6, 6.07) is 6.26. The van der Waals surface area contributed by atoms with E-state index in [-0.39, 0.29) is 17.9 Å². The Bertz CT molecular complexity index is 1010. The summed E-state index contributed by atoms with van der Waals surface area (Å²) in [6.45, 7) is 7.13. The molecule has 2 aromatic rings. The first-order valence-corrected chi connectivity index (χ1v) is 9.10. The first-order valence-electron chi connectivity index (χ1n) is 9.10. The van der Waals surface area contributed by atoms with Crippen LogP contribution in [0, 0.1) is 24.0 Å². The zero-order valence-electron chi connectivity index (χ0n) is 17.2. The van der Waals surface area contributed by atoms with Gasteiger partial charge in [0.15, 0.2) is 0 Å². The van der Waals surface area contributed by atoms with E-state index in [1.165, 1.54) is 19.2 Å². The van der Waals surface area contributed by atoms with Crippen LogP contribution >= 0.6 is 0 Å². The molecule has 2 rings (SSSR count). The van der Waals surface area contributed by atoms with E-state index in [9.17, 15) is 20.0 Å². The number of aliphatic hydroxyl groups is 1. The maximum absolute atomic E-state index is 12.0. The molecule has 0 aliphatic heterocycles. The minimum Gasteiger partial charge on any atom is -0.496 e. The van der Waals surface area contributed by atoms with E-state index in [2.05, 4.69) is 0 Å². The number of hydrogen-bond acceptors (Lipinski definition) is 6. The lowest BCUT2D eigenvalue weighted by Crippen LogP contribution is -2.13. The predicted molar refractivity (Wildman–Crippen MR) is 111 cm³/mol. The van der Waals surface area contributed by atoms with Gasteiger partial charge in [0, 0.05) is 24.1 Å². The Morgan fingerprint density at radius 2 is 1.86 bits per heavy atom. The highest BCUT2D eigenvalue weighted by Crippen LogP contribution is 2.30. The molecule has 0 spiro atoms. The molecule has 1 aromatic heterocycles. The summed E-state index contributed by atoms with van der Waals surface area (Å²) in [5.74, 6) is 0.619. The second-order valence-corrected chi connectivity index (χ2v) is 6.98. The molecule has 0 saturated carbocycles. The van der Waals surface area contributed by atoms with Crippen molar-refractivity contribution >= 4 is 11.8 Å². The minimum absolute atomic E-state index is 0.0417. The van der Waals surface area contributed by atoms with Gasteiger partial charge in [0.2, 0.25) is 0 Å². The van der Waals surface area contributed by atoms with Crippen LogP contribution in [0.5, 0.6) is 5.75 Å². The van der Waals surface area contributed by atoms with Crippen LogP contribution in [0.2, 0.25) is 0 Å². The fraction of sp³-hybridized carbons (Fsp3) is 0.318. The normalized spacial score (nSPS) is 13.3. The van der Waals surface area contributed by atoms with E-state index < -0.39 is 16.7 Å². The van der Waals surface area contributed by atoms with Gasteiger partial charge in [-0.05, 0) is 45.4 Å². The van der Waals surface area contributed by atoms with Gasteiger partial charge < -0.3 is 14.3 Å². The number of rotatable bonds is 7. The van der Waals surface area contributed by atoms with E-state index in [0.29, 0.717) is 16.9 Å². The lowest BCUT2D eigenvalue weighted by Gasteiger charge is -2.16. The van der Waals surface area contributed by atoms with Crippen molar-refractivity contribution in [3.63, 3.8) is 0 Å². The molecule has 154 valence electrons. The molecule has 1 N–H and O–H groups in total. The molecular formula is C22H25NO6. The third-order valence-electron chi connectivity index (χ3n) is 4.55. The summed E-state index contributed by atoms with van der Waals surface area (Å²) in [5.41, 5.74) is 3.12. The lowest BCUT2D eigenvalue weighted by atomic mass is 10.0. The molecule has 0 bridgehead atoms. The molecule has 0 unspecified atom stereocenters. The highest BCUT2D eigenvalue weighted by molar-refractivity contribution is 5.57. The van der Waals surface area contributed by atoms with Crippen LogP contribution in [0.25, 0.3) is 6.08 Å². The lowest BCUT2D eigenvalue weighted by molar-refractivity contribution is -0.384. The molecular weight excluding hydrogens is 374 g/mol. The van der Waals surface area contributed by atoms with Crippen molar-refractivity contribution in [3.8, 4) is 5.75 Å². The van der Waals surface area contributed by atoms with Gasteiger partial charge >= 0.3 is 5.63 Å². The predicted octanol–water partition coefficient (Wildman–Crippen LogP) is 4.65. The van der Waals surface area contributed by atoms with Crippen molar-refractivity contribution in [2.45, 2.75) is 40.2 Å². The van der Waals surface area contributed by atoms with Gasteiger partial charge in [-0.2, -0.15) is 0 Å². The summed E-state index contributed by atoms with van der Waals surface area (Å²) in [5, 5.41) is 21.3. The smallest absolute Gasteiger partial charge is 0.342 e. The minimum atomic E-state index is -0.986. The van der Waals surface area contributed by atoms with E-state index in [4.69, 9.17) is 9.15 Å². The highest BCUT2D eigenvalue weighted by atomic mass is 16.6. The van der Waals surface area contributed by atoms with Crippen molar-refractivity contribution in [1.29, 1.82) is 0 Å². The Morgan fingerprint density at radius 3 is 2.41 bits per heavy atom. The number of non-ortho nitro benzene ring substituents is 1. The third-order valence-corrected chi connectivity index (χ3v) is 4.55. The van der Waals surface area contributed by atoms with Crippen LogP contribution in [0.1, 0.15) is 48.8 Å². The molecule has 29 heavy (non-hydrogen) atoms. The Balaban J connectivity index is 2.19. The summed E-state index contributed by atoms with van der Waals surface area (Å²) in [6.07, 6.45) is 3.09. The SMILES string of the molecule is COc1c(C)c([C@H](O)C/C(C)=C/C(C)=C/c2ccc([N+](=O)[O-])cc2)oc(=O)c1C. The van der Waals surface area contributed by atoms with Crippen molar-refractivity contribution < 1.29 is 19.2 Å². The first-order chi connectivity index (χ1) is 13.6. The van der Waals surface area contributed by atoms with Crippen LogP contribution < -0.4 is 10.4 Å². The molecule has 7 nitrogen and oxygen atoms in total. The number of nitro groups is 1. The van der Waals surface area contributed by atoms with Gasteiger partial charge in [-0.1, -0.05) is 23.3 Å². The number of benzene rings is 1. The van der Waals surface area contributed by atoms with Crippen LogP contribution in [0.3, 0.4) is 0 Å². The Hall–Kier alpha value is -3.19. The molecule has 0 radical (unpaired) electrons. The van der Waals surface area contributed by atoms with Crippen molar-refractivity contribution in [3.05, 3.63) is 84.5 Å². The van der Waals surface area contributed by atoms with E-state index in [1.54, 1.807) is 26.0 Å². The van der Waals surface area contributed by atoms with Crippen LogP contribution in [0.4, 0.5) is 5.69 Å². The number of aliphatic hydroxyl groups excluding tert-OH is 1. The van der Waals surface area contributed by atoms with Crippen molar-refractivity contribution in [1.82, 2.24) is 0 Å². The van der Waals surface area contributed by atoms with Crippen molar-refractivity contribution in [2.75, 3.05) is 7.11 Å².